The van der Waals surface area contributed by atoms with Gasteiger partial charge in [-0.25, -0.2) is 0 Å². The van der Waals surface area contributed by atoms with E-state index in [2.05, 4.69) is 37.8 Å². The van der Waals surface area contributed by atoms with Crippen LogP contribution in [0.15, 0.2) is 18.2 Å². The SMILES string of the molecule is COc1ccc(C)cc1C(N)C(C)(C)N1CCCCC1. The average molecular weight is 276 g/mol. The zero-order valence-electron chi connectivity index (χ0n) is 13.3. The topological polar surface area (TPSA) is 38.5 Å². The summed E-state index contributed by atoms with van der Waals surface area (Å²) >= 11 is 0. The standard InChI is InChI=1S/C17H28N2O/c1-13-8-9-15(20-4)14(12-13)16(18)17(2,3)19-10-6-5-7-11-19/h8-9,12,16H,5-7,10-11,18H2,1-4H3. The third-order valence-electron chi connectivity index (χ3n) is 4.65. The van der Waals surface area contributed by atoms with Crippen LogP contribution in [0.1, 0.15) is 50.3 Å². The van der Waals surface area contributed by atoms with Gasteiger partial charge in [0.15, 0.2) is 0 Å². The van der Waals surface area contributed by atoms with Crippen molar-refractivity contribution in [2.24, 2.45) is 5.73 Å². The van der Waals surface area contributed by atoms with Crippen molar-refractivity contribution in [3.63, 3.8) is 0 Å². The largest absolute Gasteiger partial charge is 0.496 e. The van der Waals surface area contributed by atoms with Gasteiger partial charge in [0.05, 0.1) is 13.2 Å². The number of nitrogens with zero attached hydrogens (tertiary/aromatic N) is 1. The fraction of sp³-hybridized carbons (Fsp3) is 0.647. The molecule has 0 amide bonds. The highest BCUT2D eigenvalue weighted by Crippen LogP contribution is 2.36. The summed E-state index contributed by atoms with van der Waals surface area (Å²) in [5.74, 6) is 0.896. The first-order valence-electron chi connectivity index (χ1n) is 7.62. The number of hydrogen-bond donors (Lipinski definition) is 1. The molecule has 0 radical (unpaired) electrons. The maximum Gasteiger partial charge on any atom is 0.123 e. The van der Waals surface area contributed by atoms with Gasteiger partial charge in [0.25, 0.3) is 0 Å². The Kier molecular flexibility index (Phi) is 4.71. The summed E-state index contributed by atoms with van der Waals surface area (Å²) < 4.78 is 5.51. The van der Waals surface area contributed by atoms with Crippen molar-refractivity contribution in [2.75, 3.05) is 20.2 Å². The Balaban J connectivity index is 2.28. The molecule has 3 nitrogen and oxygen atoms in total. The van der Waals surface area contributed by atoms with Crippen molar-refractivity contribution >= 4 is 0 Å². The van der Waals surface area contributed by atoms with Crippen LogP contribution in [0.25, 0.3) is 0 Å². The number of rotatable bonds is 4. The van der Waals surface area contributed by atoms with E-state index in [1.807, 2.05) is 6.07 Å². The average Bonchev–Trinajstić information content (AvgIpc) is 2.47. The van der Waals surface area contributed by atoms with Crippen LogP contribution in [0.4, 0.5) is 0 Å². The number of likely N-dealkylation sites (tertiary alicyclic amines) is 1. The number of piperidine rings is 1. The fourth-order valence-corrected chi connectivity index (χ4v) is 3.14. The molecule has 1 heterocycles. The second kappa shape index (κ2) is 6.15. The van der Waals surface area contributed by atoms with Crippen molar-refractivity contribution in [3.05, 3.63) is 29.3 Å². The molecular weight excluding hydrogens is 248 g/mol. The van der Waals surface area contributed by atoms with E-state index in [4.69, 9.17) is 10.5 Å². The molecule has 1 unspecified atom stereocenters. The van der Waals surface area contributed by atoms with E-state index in [0.29, 0.717) is 0 Å². The molecule has 112 valence electrons. The van der Waals surface area contributed by atoms with Gasteiger partial charge in [-0.05, 0) is 52.8 Å². The Hall–Kier alpha value is -1.06. The third-order valence-corrected chi connectivity index (χ3v) is 4.65. The van der Waals surface area contributed by atoms with Gasteiger partial charge in [0.1, 0.15) is 5.75 Å². The van der Waals surface area contributed by atoms with Gasteiger partial charge >= 0.3 is 0 Å². The molecule has 0 aliphatic carbocycles. The smallest absolute Gasteiger partial charge is 0.123 e. The first-order chi connectivity index (χ1) is 9.46. The van der Waals surface area contributed by atoms with Crippen LogP contribution >= 0.6 is 0 Å². The lowest BCUT2D eigenvalue weighted by Crippen LogP contribution is -2.53. The summed E-state index contributed by atoms with van der Waals surface area (Å²) in [4.78, 5) is 2.53. The predicted molar refractivity (Wildman–Crippen MR) is 84.2 cm³/mol. The van der Waals surface area contributed by atoms with Crippen molar-refractivity contribution in [3.8, 4) is 5.75 Å². The lowest BCUT2D eigenvalue weighted by Gasteiger charge is -2.45. The second-order valence-electron chi connectivity index (χ2n) is 6.42. The monoisotopic (exact) mass is 276 g/mol. The van der Waals surface area contributed by atoms with Crippen LogP contribution in [0, 0.1) is 6.92 Å². The zero-order chi connectivity index (χ0) is 14.8. The Morgan fingerprint density at radius 3 is 2.45 bits per heavy atom. The van der Waals surface area contributed by atoms with Gasteiger partial charge in [-0.2, -0.15) is 0 Å². The number of nitrogens with two attached hydrogens (primary N) is 1. The first kappa shape index (κ1) is 15.3. The molecule has 2 rings (SSSR count). The van der Waals surface area contributed by atoms with Gasteiger partial charge in [-0.15, -0.1) is 0 Å². The summed E-state index contributed by atoms with van der Waals surface area (Å²) in [6.07, 6.45) is 3.90. The molecule has 1 aliphatic rings. The highest BCUT2D eigenvalue weighted by molar-refractivity contribution is 5.40. The number of hydrogen-bond acceptors (Lipinski definition) is 3. The van der Waals surface area contributed by atoms with Crippen LogP contribution in [0.2, 0.25) is 0 Å². The summed E-state index contributed by atoms with van der Waals surface area (Å²) in [5, 5.41) is 0. The summed E-state index contributed by atoms with van der Waals surface area (Å²) in [6.45, 7) is 8.91. The lowest BCUT2D eigenvalue weighted by molar-refractivity contribution is 0.0722. The molecule has 0 bridgehead atoms. The summed E-state index contributed by atoms with van der Waals surface area (Å²) in [5.41, 5.74) is 8.91. The Morgan fingerprint density at radius 1 is 1.20 bits per heavy atom. The minimum absolute atomic E-state index is 0.0459. The van der Waals surface area contributed by atoms with E-state index in [1.165, 1.54) is 24.8 Å². The van der Waals surface area contributed by atoms with E-state index in [-0.39, 0.29) is 11.6 Å². The molecule has 1 atom stereocenters. The Labute approximate surface area is 123 Å². The Morgan fingerprint density at radius 2 is 1.85 bits per heavy atom. The third kappa shape index (κ3) is 2.99. The lowest BCUT2D eigenvalue weighted by atomic mass is 9.85. The van der Waals surface area contributed by atoms with Crippen molar-refractivity contribution in [2.45, 2.75) is 51.6 Å². The van der Waals surface area contributed by atoms with Crippen LogP contribution in [0.5, 0.6) is 5.75 Å². The van der Waals surface area contributed by atoms with Crippen LogP contribution in [0.3, 0.4) is 0 Å². The highest BCUT2D eigenvalue weighted by Gasteiger charge is 2.36. The molecule has 2 N–H and O–H groups in total. The molecule has 3 heteroatoms. The number of ether oxygens (including phenoxy) is 1. The second-order valence-corrected chi connectivity index (χ2v) is 6.42. The molecule has 0 aromatic heterocycles. The molecule has 0 saturated carbocycles. The number of benzene rings is 1. The minimum Gasteiger partial charge on any atom is -0.496 e. The van der Waals surface area contributed by atoms with Gasteiger partial charge in [0.2, 0.25) is 0 Å². The number of methoxy groups -OCH3 is 1. The van der Waals surface area contributed by atoms with E-state index in [1.54, 1.807) is 7.11 Å². The highest BCUT2D eigenvalue weighted by atomic mass is 16.5. The quantitative estimate of drug-likeness (QED) is 0.917. The van der Waals surface area contributed by atoms with Crippen molar-refractivity contribution in [1.82, 2.24) is 4.90 Å². The van der Waals surface area contributed by atoms with Crippen molar-refractivity contribution < 1.29 is 4.74 Å². The maximum absolute atomic E-state index is 6.63. The van der Waals surface area contributed by atoms with Crippen molar-refractivity contribution in [1.29, 1.82) is 0 Å². The zero-order valence-corrected chi connectivity index (χ0v) is 13.3. The van der Waals surface area contributed by atoms with E-state index in [9.17, 15) is 0 Å². The van der Waals surface area contributed by atoms with Crippen LogP contribution in [-0.2, 0) is 0 Å². The van der Waals surface area contributed by atoms with Gasteiger partial charge in [-0.1, -0.05) is 24.1 Å². The maximum atomic E-state index is 6.63. The molecule has 1 aromatic carbocycles. The number of aryl methyl sites for hydroxylation is 1. The van der Waals surface area contributed by atoms with E-state index >= 15 is 0 Å². The molecule has 1 aliphatic heterocycles. The Bertz CT molecular complexity index is 450. The van der Waals surface area contributed by atoms with Crippen LogP contribution < -0.4 is 10.5 Å². The van der Waals surface area contributed by atoms with Gasteiger partial charge in [0, 0.05) is 11.1 Å². The van der Waals surface area contributed by atoms with Gasteiger partial charge < -0.3 is 10.5 Å². The van der Waals surface area contributed by atoms with Gasteiger partial charge in [-0.3, -0.25) is 4.90 Å². The molecule has 1 aromatic rings. The fourth-order valence-electron chi connectivity index (χ4n) is 3.14. The summed E-state index contributed by atoms with van der Waals surface area (Å²) in [6, 6.07) is 6.21. The van der Waals surface area contributed by atoms with E-state index < -0.39 is 0 Å². The molecule has 20 heavy (non-hydrogen) atoms. The molecular formula is C17H28N2O. The minimum atomic E-state index is -0.0541. The van der Waals surface area contributed by atoms with E-state index in [0.717, 1.165) is 24.4 Å². The van der Waals surface area contributed by atoms with Crippen LogP contribution in [-0.4, -0.2) is 30.6 Å². The molecule has 0 spiro atoms. The molecule has 1 fully saturated rings. The first-order valence-corrected chi connectivity index (χ1v) is 7.62. The summed E-state index contributed by atoms with van der Waals surface area (Å²) in [7, 11) is 1.72. The predicted octanol–water partition coefficient (Wildman–Crippen LogP) is 3.27. The molecule has 1 saturated heterocycles. The normalized spacial score (nSPS) is 18.9.